The zero-order valence-corrected chi connectivity index (χ0v) is 7.80. The Morgan fingerprint density at radius 1 is 1.50 bits per heavy atom. The van der Waals surface area contributed by atoms with E-state index in [1.807, 2.05) is 13.8 Å². The van der Waals surface area contributed by atoms with Gasteiger partial charge in [0.1, 0.15) is 0 Å². The number of nitrogens with two attached hydrogens (primary N) is 1. The minimum atomic E-state index is -0.331. The van der Waals surface area contributed by atoms with Gasteiger partial charge >= 0.3 is 5.97 Å². The summed E-state index contributed by atoms with van der Waals surface area (Å²) in [4.78, 5) is 10.9. The minimum Gasteiger partial charge on any atom is -0.462 e. The van der Waals surface area contributed by atoms with Gasteiger partial charge in [0.15, 0.2) is 0 Å². The first-order chi connectivity index (χ1) is 5.70. The van der Waals surface area contributed by atoms with Crippen LogP contribution < -0.4 is 5.73 Å². The van der Waals surface area contributed by atoms with E-state index in [-0.39, 0.29) is 5.97 Å². The Labute approximate surface area is 73.6 Å². The smallest absolute Gasteiger partial charge is 0.332 e. The van der Waals surface area contributed by atoms with Crippen molar-refractivity contribution in [1.29, 1.82) is 0 Å². The zero-order valence-electron chi connectivity index (χ0n) is 7.80. The van der Waals surface area contributed by atoms with Crippen LogP contribution in [0.25, 0.3) is 0 Å². The van der Waals surface area contributed by atoms with E-state index in [2.05, 4.69) is 0 Å². The van der Waals surface area contributed by atoms with Gasteiger partial charge in [0.05, 0.1) is 6.61 Å². The Morgan fingerprint density at radius 3 is 2.67 bits per heavy atom. The molecule has 3 heteroatoms. The maximum absolute atomic E-state index is 10.9. The van der Waals surface area contributed by atoms with Gasteiger partial charge in [-0.3, -0.25) is 0 Å². The predicted molar refractivity (Wildman–Crippen MR) is 48.4 cm³/mol. The molecule has 0 aromatic rings. The Kier molecular flexibility index (Phi) is 6.15. The Hall–Kier alpha value is -0.990. The molecule has 0 atom stereocenters. The van der Waals surface area contributed by atoms with E-state index in [1.165, 1.54) is 6.08 Å². The summed E-state index contributed by atoms with van der Waals surface area (Å²) >= 11 is 0. The molecule has 0 spiro atoms. The van der Waals surface area contributed by atoms with Crippen LogP contribution in [0.5, 0.6) is 0 Å². The maximum atomic E-state index is 10.9. The predicted octanol–water partition coefficient (Wildman–Crippen LogP) is 1.58. The summed E-state index contributed by atoms with van der Waals surface area (Å²) in [6.07, 6.45) is 3.96. The van der Waals surface area contributed by atoms with Crippen molar-refractivity contribution in [3.05, 3.63) is 11.8 Å². The lowest BCUT2D eigenvalue weighted by molar-refractivity contribution is -0.137. The van der Waals surface area contributed by atoms with Crippen LogP contribution in [-0.4, -0.2) is 12.6 Å². The molecule has 0 bridgehead atoms. The molecule has 0 aliphatic carbocycles. The SMILES string of the molecule is CCCCOC(=O)C=C(N)CC. The van der Waals surface area contributed by atoms with Crippen molar-refractivity contribution in [3.63, 3.8) is 0 Å². The third-order valence-corrected chi connectivity index (χ3v) is 1.45. The summed E-state index contributed by atoms with van der Waals surface area (Å²) in [5, 5.41) is 0. The van der Waals surface area contributed by atoms with Crippen molar-refractivity contribution >= 4 is 5.97 Å². The molecule has 0 aliphatic rings. The number of allylic oxidation sites excluding steroid dienone is 1. The monoisotopic (exact) mass is 171 g/mol. The summed E-state index contributed by atoms with van der Waals surface area (Å²) in [6.45, 7) is 4.43. The quantitative estimate of drug-likeness (QED) is 0.388. The molecule has 3 nitrogen and oxygen atoms in total. The van der Waals surface area contributed by atoms with Gasteiger partial charge < -0.3 is 10.5 Å². The summed E-state index contributed by atoms with van der Waals surface area (Å²) in [5.74, 6) is -0.331. The highest BCUT2D eigenvalue weighted by Crippen LogP contribution is 1.94. The number of carbonyl (C=O) groups excluding carboxylic acids is 1. The van der Waals surface area contributed by atoms with Gasteiger partial charge in [-0.2, -0.15) is 0 Å². The standard InChI is InChI=1S/C9H17NO2/c1-3-5-6-12-9(11)7-8(10)4-2/h7H,3-6,10H2,1-2H3. The minimum absolute atomic E-state index is 0.331. The number of hydrogen-bond donors (Lipinski definition) is 1. The first-order valence-electron chi connectivity index (χ1n) is 4.33. The largest absolute Gasteiger partial charge is 0.462 e. The van der Waals surface area contributed by atoms with Crippen LogP contribution in [0.1, 0.15) is 33.1 Å². The summed E-state index contributed by atoms with van der Waals surface area (Å²) in [7, 11) is 0. The number of ether oxygens (including phenoxy) is 1. The molecule has 0 saturated carbocycles. The molecule has 70 valence electrons. The van der Waals surface area contributed by atoms with Crippen molar-refractivity contribution < 1.29 is 9.53 Å². The second kappa shape index (κ2) is 6.70. The fourth-order valence-electron chi connectivity index (χ4n) is 0.612. The van der Waals surface area contributed by atoms with E-state index in [4.69, 9.17) is 10.5 Å². The van der Waals surface area contributed by atoms with Crippen LogP contribution in [0.2, 0.25) is 0 Å². The summed E-state index contributed by atoms with van der Waals surface area (Å²) in [5.41, 5.74) is 6.00. The van der Waals surface area contributed by atoms with Crippen LogP contribution in [0, 0.1) is 0 Å². The molecule has 0 saturated heterocycles. The molecule has 2 N–H and O–H groups in total. The van der Waals surface area contributed by atoms with E-state index < -0.39 is 0 Å². The normalized spacial score (nSPS) is 11.3. The van der Waals surface area contributed by atoms with Gasteiger partial charge in [-0.25, -0.2) is 4.79 Å². The number of unbranched alkanes of at least 4 members (excludes halogenated alkanes) is 1. The van der Waals surface area contributed by atoms with Crippen molar-refractivity contribution in [2.45, 2.75) is 33.1 Å². The van der Waals surface area contributed by atoms with E-state index >= 15 is 0 Å². The molecule has 0 fully saturated rings. The van der Waals surface area contributed by atoms with Gasteiger partial charge in [-0.05, 0) is 12.8 Å². The van der Waals surface area contributed by atoms with Gasteiger partial charge in [-0.15, -0.1) is 0 Å². The fraction of sp³-hybridized carbons (Fsp3) is 0.667. The fourth-order valence-corrected chi connectivity index (χ4v) is 0.612. The van der Waals surface area contributed by atoms with Crippen molar-refractivity contribution in [2.75, 3.05) is 6.61 Å². The second-order valence-corrected chi connectivity index (χ2v) is 2.59. The van der Waals surface area contributed by atoms with Crippen LogP contribution in [0.3, 0.4) is 0 Å². The zero-order chi connectivity index (χ0) is 9.40. The molecule has 0 aromatic carbocycles. The molecule has 12 heavy (non-hydrogen) atoms. The second-order valence-electron chi connectivity index (χ2n) is 2.59. The Bertz CT molecular complexity index is 164. The summed E-state index contributed by atoms with van der Waals surface area (Å²) in [6, 6.07) is 0. The lowest BCUT2D eigenvalue weighted by Gasteiger charge is -2.00. The average molecular weight is 171 g/mol. The molecule has 0 heterocycles. The molecule has 0 aliphatic heterocycles. The molecule has 0 radical (unpaired) electrons. The first-order valence-corrected chi connectivity index (χ1v) is 4.33. The summed E-state index contributed by atoms with van der Waals surface area (Å²) < 4.78 is 4.86. The molecule has 0 rings (SSSR count). The lowest BCUT2D eigenvalue weighted by Crippen LogP contribution is -2.06. The van der Waals surface area contributed by atoms with Crippen molar-refractivity contribution in [1.82, 2.24) is 0 Å². The van der Waals surface area contributed by atoms with E-state index in [1.54, 1.807) is 0 Å². The van der Waals surface area contributed by atoms with Crippen LogP contribution in [0.15, 0.2) is 11.8 Å². The highest BCUT2D eigenvalue weighted by Gasteiger charge is 1.97. The first kappa shape index (κ1) is 11.0. The maximum Gasteiger partial charge on any atom is 0.332 e. The van der Waals surface area contributed by atoms with Gasteiger partial charge in [0, 0.05) is 11.8 Å². The van der Waals surface area contributed by atoms with E-state index in [0.717, 1.165) is 12.8 Å². The van der Waals surface area contributed by atoms with Gasteiger partial charge in [0.25, 0.3) is 0 Å². The van der Waals surface area contributed by atoms with Crippen molar-refractivity contribution in [2.24, 2.45) is 5.73 Å². The highest BCUT2D eigenvalue weighted by atomic mass is 16.5. The van der Waals surface area contributed by atoms with Crippen LogP contribution in [-0.2, 0) is 9.53 Å². The highest BCUT2D eigenvalue weighted by molar-refractivity contribution is 5.82. The van der Waals surface area contributed by atoms with Crippen LogP contribution in [0.4, 0.5) is 0 Å². The lowest BCUT2D eigenvalue weighted by atomic mass is 10.3. The van der Waals surface area contributed by atoms with E-state index in [9.17, 15) is 4.79 Å². The number of rotatable bonds is 5. The van der Waals surface area contributed by atoms with Crippen molar-refractivity contribution in [3.8, 4) is 0 Å². The molecular formula is C9H17NO2. The van der Waals surface area contributed by atoms with Gasteiger partial charge in [0.2, 0.25) is 0 Å². The Morgan fingerprint density at radius 2 is 2.17 bits per heavy atom. The average Bonchev–Trinajstić information content (AvgIpc) is 2.05. The topological polar surface area (TPSA) is 52.3 Å². The van der Waals surface area contributed by atoms with Crippen LogP contribution >= 0.6 is 0 Å². The van der Waals surface area contributed by atoms with E-state index in [0.29, 0.717) is 18.7 Å². The Balaban J connectivity index is 3.59. The number of hydrogen-bond acceptors (Lipinski definition) is 3. The number of carbonyl (C=O) groups is 1. The third kappa shape index (κ3) is 5.77. The molecule has 0 aromatic heterocycles. The third-order valence-electron chi connectivity index (χ3n) is 1.45. The molecule has 0 amide bonds. The molecule has 0 unspecified atom stereocenters. The molecular weight excluding hydrogens is 154 g/mol. The van der Waals surface area contributed by atoms with Gasteiger partial charge in [-0.1, -0.05) is 20.3 Å². The number of esters is 1.